The van der Waals surface area contributed by atoms with Crippen LogP contribution in [-0.2, 0) is 10.0 Å². The number of anilines is 1. The summed E-state index contributed by atoms with van der Waals surface area (Å²) in [6, 6.07) is 12.1. The molecule has 2 heterocycles. The second kappa shape index (κ2) is 9.82. The number of hydrogen-bond donors (Lipinski definition) is 0. The van der Waals surface area contributed by atoms with Crippen LogP contribution in [0.5, 0.6) is 17.2 Å². The van der Waals surface area contributed by atoms with Crippen LogP contribution < -0.4 is 19.1 Å². The van der Waals surface area contributed by atoms with E-state index in [0.29, 0.717) is 41.8 Å². The first-order valence-electron chi connectivity index (χ1n) is 10.5. The van der Waals surface area contributed by atoms with Crippen LogP contribution in [-0.4, -0.2) is 70.4 Å². The molecule has 0 saturated carbocycles. The smallest absolute Gasteiger partial charge is 0.243 e. The van der Waals surface area contributed by atoms with Crippen LogP contribution >= 0.6 is 0 Å². The Bertz CT molecular complexity index is 1220. The molecule has 1 aliphatic rings. The van der Waals surface area contributed by atoms with E-state index in [1.165, 1.54) is 16.4 Å². The monoisotopic (exact) mass is 488 g/mol. The van der Waals surface area contributed by atoms with Gasteiger partial charge in [-0.15, -0.1) is 10.2 Å². The van der Waals surface area contributed by atoms with Crippen molar-refractivity contribution < 1.29 is 27.0 Å². The van der Waals surface area contributed by atoms with E-state index in [2.05, 4.69) is 10.2 Å². The van der Waals surface area contributed by atoms with Gasteiger partial charge in [-0.2, -0.15) is 4.31 Å². The molecule has 11 heteroatoms. The maximum Gasteiger partial charge on any atom is 0.243 e. The van der Waals surface area contributed by atoms with Crippen molar-refractivity contribution in [1.29, 1.82) is 0 Å². The Morgan fingerprint density at radius 1 is 0.824 bits per heavy atom. The topological polar surface area (TPSA) is 94.1 Å². The highest BCUT2D eigenvalue weighted by atomic mass is 32.2. The average Bonchev–Trinajstić information content (AvgIpc) is 2.88. The fraction of sp³-hybridized carbons (Fsp3) is 0.304. The van der Waals surface area contributed by atoms with Gasteiger partial charge in [-0.3, -0.25) is 0 Å². The zero-order chi connectivity index (χ0) is 24.3. The fourth-order valence-electron chi connectivity index (χ4n) is 3.79. The molecule has 1 fully saturated rings. The van der Waals surface area contributed by atoms with Gasteiger partial charge in [0.15, 0.2) is 17.3 Å². The lowest BCUT2D eigenvalue weighted by molar-refractivity contribution is 0.324. The molecule has 0 radical (unpaired) electrons. The van der Waals surface area contributed by atoms with E-state index < -0.39 is 15.8 Å². The van der Waals surface area contributed by atoms with E-state index >= 15 is 0 Å². The van der Waals surface area contributed by atoms with Gasteiger partial charge in [-0.05, 0) is 48.5 Å². The van der Waals surface area contributed by atoms with Gasteiger partial charge in [-0.1, -0.05) is 0 Å². The summed E-state index contributed by atoms with van der Waals surface area (Å²) < 4.78 is 56.4. The number of halogens is 1. The summed E-state index contributed by atoms with van der Waals surface area (Å²) in [5, 5.41) is 8.68. The fourth-order valence-corrected chi connectivity index (χ4v) is 5.21. The molecule has 0 atom stereocenters. The first kappa shape index (κ1) is 23.7. The van der Waals surface area contributed by atoms with Crippen LogP contribution in [0, 0.1) is 5.82 Å². The van der Waals surface area contributed by atoms with Crippen molar-refractivity contribution in [2.45, 2.75) is 4.90 Å². The van der Waals surface area contributed by atoms with Crippen LogP contribution in [0.2, 0.25) is 0 Å². The highest BCUT2D eigenvalue weighted by Crippen LogP contribution is 2.40. The van der Waals surface area contributed by atoms with E-state index in [1.54, 1.807) is 33.5 Å². The van der Waals surface area contributed by atoms with E-state index in [4.69, 9.17) is 14.2 Å². The van der Waals surface area contributed by atoms with Crippen LogP contribution in [0.3, 0.4) is 0 Å². The molecule has 34 heavy (non-hydrogen) atoms. The van der Waals surface area contributed by atoms with Crippen molar-refractivity contribution in [1.82, 2.24) is 14.5 Å². The van der Waals surface area contributed by atoms with Crippen molar-refractivity contribution >= 4 is 15.8 Å². The second-order valence-electron chi connectivity index (χ2n) is 7.54. The van der Waals surface area contributed by atoms with Gasteiger partial charge in [0.25, 0.3) is 0 Å². The third-order valence-electron chi connectivity index (χ3n) is 5.63. The first-order valence-corrected chi connectivity index (χ1v) is 12.0. The number of nitrogens with zero attached hydrogens (tertiary/aromatic N) is 4. The Morgan fingerprint density at radius 3 is 1.94 bits per heavy atom. The van der Waals surface area contributed by atoms with Crippen LogP contribution in [0.15, 0.2) is 53.4 Å². The quantitative estimate of drug-likeness (QED) is 0.501. The maximum absolute atomic E-state index is 13.2. The van der Waals surface area contributed by atoms with Gasteiger partial charge in [0.05, 0.1) is 31.9 Å². The second-order valence-corrected chi connectivity index (χ2v) is 9.47. The molecule has 180 valence electrons. The number of sulfonamides is 1. The predicted octanol–water partition coefficient (Wildman–Crippen LogP) is 2.82. The van der Waals surface area contributed by atoms with Crippen LogP contribution in [0.1, 0.15) is 0 Å². The molecule has 1 aromatic heterocycles. The van der Waals surface area contributed by atoms with Crippen LogP contribution in [0.25, 0.3) is 11.3 Å². The largest absolute Gasteiger partial charge is 0.493 e. The lowest BCUT2D eigenvalue weighted by atomic mass is 10.1. The SMILES string of the molecule is COc1cc(-c2ccc(N3CCN(S(=O)(=O)c4ccc(F)cc4)CC3)nn2)cc(OC)c1OC. The summed E-state index contributed by atoms with van der Waals surface area (Å²) in [6.45, 7) is 1.49. The van der Waals surface area contributed by atoms with Gasteiger partial charge in [0, 0.05) is 31.7 Å². The number of hydrogen-bond acceptors (Lipinski definition) is 8. The van der Waals surface area contributed by atoms with E-state index in [9.17, 15) is 12.8 Å². The van der Waals surface area contributed by atoms with Crippen molar-refractivity contribution in [3.63, 3.8) is 0 Å². The molecular weight excluding hydrogens is 463 g/mol. The molecule has 1 aliphatic heterocycles. The molecule has 0 bridgehead atoms. The van der Waals surface area contributed by atoms with Crippen molar-refractivity contribution in [2.24, 2.45) is 0 Å². The van der Waals surface area contributed by atoms with Gasteiger partial charge in [0.2, 0.25) is 15.8 Å². The van der Waals surface area contributed by atoms with E-state index in [1.807, 2.05) is 17.0 Å². The predicted molar refractivity (Wildman–Crippen MR) is 124 cm³/mol. The Balaban J connectivity index is 1.47. The minimum atomic E-state index is -3.68. The highest BCUT2D eigenvalue weighted by Gasteiger charge is 2.29. The molecule has 9 nitrogen and oxygen atoms in total. The van der Waals surface area contributed by atoms with Gasteiger partial charge in [-0.25, -0.2) is 12.8 Å². The third kappa shape index (κ3) is 4.62. The third-order valence-corrected chi connectivity index (χ3v) is 7.54. The standard InChI is InChI=1S/C23H25FN4O5S/c1-31-20-14-16(15-21(32-2)23(20)33-3)19-8-9-22(26-25-19)27-10-12-28(13-11-27)34(29,30)18-6-4-17(24)5-7-18/h4-9,14-15H,10-13H2,1-3H3. The normalized spacial score (nSPS) is 14.6. The van der Waals surface area contributed by atoms with Crippen molar-refractivity contribution in [3.05, 3.63) is 54.3 Å². The molecule has 0 spiro atoms. The highest BCUT2D eigenvalue weighted by molar-refractivity contribution is 7.89. The summed E-state index contributed by atoms with van der Waals surface area (Å²) >= 11 is 0. The molecule has 0 aliphatic carbocycles. The van der Waals surface area contributed by atoms with Gasteiger partial charge in [0.1, 0.15) is 5.82 Å². The van der Waals surface area contributed by atoms with E-state index in [-0.39, 0.29) is 18.0 Å². The lowest BCUT2D eigenvalue weighted by Gasteiger charge is -2.34. The molecule has 1 saturated heterocycles. The minimum absolute atomic E-state index is 0.0804. The summed E-state index contributed by atoms with van der Waals surface area (Å²) in [5.41, 5.74) is 1.38. The summed E-state index contributed by atoms with van der Waals surface area (Å²) in [6.07, 6.45) is 0. The maximum atomic E-state index is 13.2. The average molecular weight is 489 g/mol. The molecule has 0 unspecified atom stereocenters. The number of ether oxygens (including phenoxy) is 3. The molecule has 4 rings (SSSR count). The number of benzene rings is 2. The van der Waals surface area contributed by atoms with Crippen molar-refractivity contribution in [2.75, 3.05) is 52.4 Å². The summed E-state index contributed by atoms with van der Waals surface area (Å²) in [5.74, 6) is 1.70. The van der Waals surface area contributed by atoms with Gasteiger partial charge >= 0.3 is 0 Å². The molecule has 3 aromatic rings. The lowest BCUT2D eigenvalue weighted by Crippen LogP contribution is -2.49. The number of rotatable bonds is 7. The first-order chi connectivity index (χ1) is 16.4. The zero-order valence-electron chi connectivity index (χ0n) is 19.1. The molecule has 2 aromatic carbocycles. The minimum Gasteiger partial charge on any atom is -0.493 e. The summed E-state index contributed by atoms with van der Waals surface area (Å²) in [7, 11) is 0.960. The molecule has 0 N–H and O–H groups in total. The van der Waals surface area contributed by atoms with Crippen molar-refractivity contribution in [3.8, 4) is 28.5 Å². The zero-order valence-corrected chi connectivity index (χ0v) is 19.9. The molecular formula is C23H25FN4O5S. The number of piperazine rings is 1. The number of aromatic nitrogens is 2. The number of methoxy groups -OCH3 is 3. The molecule has 0 amide bonds. The Kier molecular flexibility index (Phi) is 6.85. The summed E-state index contributed by atoms with van der Waals surface area (Å²) in [4.78, 5) is 2.06. The van der Waals surface area contributed by atoms with E-state index in [0.717, 1.165) is 17.7 Å². The van der Waals surface area contributed by atoms with Gasteiger partial charge < -0.3 is 19.1 Å². The Labute approximate surface area is 197 Å². The Morgan fingerprint density at radius 2 is 1.44 bits per heavy atom. The Hall–Kier alpha value is -3.44. The van der Waals surface area contributed by atoms with Crippen LogP contribution in [0.4, 0.5) is 10.2 Å².